The number of hydrogen-bond acceptors (Lipinski definition) is 5. The highest BCUT2D eigenvalue weighted by Crippen LogP contribution is 2.19. The van der Waals surface area contributed by atoms with Gasteiger partial charge in [0.05, 0.1) is 4.92 Å². The van der Waals surface area contributed by atoms with Crippen LogP contribution in [0, 0.1) is 21.4 Å². The lowest BCUT2D eigenvalue weighted by atomic mass is 10.8. The largest absolute Gasteiger partial charge is 0.344 e. The Morgan fingerprint density at radius 2 is 2.60 bits per heavy atom. The summed E-state index contributed by atoms with van der Waals surface area (Å²) in [6, 6.07) is 1.71. The van der Waals surface area contributed by atoms with Crippen LogP contribution >= 0.6 is 11.3 Å². The second-order valence-corrected chi connectivity index (χ2v) is 2.38. The van der Waals surface area contributed by atoms with Crippen LogP contribution in [0.1, 0.15) is 5.01 Å². The Labute approximate surface area is 59.7 Å². The van der Waals surface area contributed by atoms with Crippen molar-refractivity contribution in [2.45, 2.75) is 0 Å². The summed E-state index contributed by atoms with van der Waals surface area (Å²) < 4.78 is 0. The first kappa shape index (κ1) is 6.64. The second kappa shape index (κ2) is 2.41. The van der Waals surface area contributed by atoms with Crippen molar-refractivity contribution < 1.29 is 4.92 Å². The minimum Gasteiger partial charge on any atom is -0.257 e. The fraction of sp³-hybridized carbons (Fsp3) is 0. The van der Waals surface area contributed by atoms with Crippen LogP contribution in [0.4, 0.5) is 5.00 Å². The monoisotopic (exact) mass is 155 g/mol. The minimum atomic E-state index is -0.571. The smallest absolute Gasteiger partial charge is 0.257 e. The summed E-state index contributed by atoms with van der Waals surface area (Å²) >= 11 is 0.770. The van der Waals surface area contributed by atoms with E-state index in [1.807, 2.05) is 0 Å². The van der Waals surface area contributed by atoms with E-state index in [4.69, 9.17) is 5.26 Å². The Morgan fingerprint density at radius 1 is 1.90 bits per heavy atom. The molecule has 6 heteroatoms. The maximum atomic E-state index is 10.00. The van der Waals surface area contributed by atoms with E-state index in [1.54, 1.807) is 6.07 Å². The molecule has 0 amide bonds. The van der Waals surface area contributed by atoms with Gasteiger partial charge in [-0.25, -0.2) is 4.98 Å². The molecule has 0 aliphatic heterocycles. The molecule has 0 bridgehead atoms. The van der Waals surface area contributed by atoms with Gasteiger partial charge in [0.1, 0.15) is 12.3 Å². The lowest BCUT2D eigenvalue weighted by molar-refractivity contribution is -0.380. The number of nitrogens with zero attached hydrogens (tertiary/aromatic N) is 3. The summed E-state index contributed by atoms with van der Waals surface area (Å²) in [4.78, 5) is 12.9. The minimum absolute atomic E-state index is 0.100. The molecule has 0 N–H and O–H groups in total. The van der Waals surface area contributed by atoms with Gasteiger partial charge in [0.25, 0.3) is 0 Å². The zero-order valence-electron chi connectivity index (χ0n) is 4.64. The van der Waals surface area contributed by atoms with Gasteiger partial charge in [-0.15, -0.1) is 0 Å². The Kier molecular flexibility index (Phi) is 1.60. The van der Waals surface area contributed by atoms with Gasteiger partial charge < -0.3 is 0 Å². The molecular formula is C4HN3O2S. The average molecular weight is 155 g/mol. The molecule has 50 valence electrons. The summed E-state index contributed by atoms with van der Waals surface area (Å²) in [6.07, 6.45) is 1.07. The molecule has 5 nitrogen and oxygen atoms in total. The van der Waals surface area contributed by atoms with E-state index in [1.165, 1.54) is 0 Å². The van der Waals surface area contributed by atoms with Crippen molar-refractivity contribution in [2.24, 2.45) is 0 Å². The molecule has 0 aromatic carbocycles. The van der Waals surface area contributed by atoms with Crippen molar-refractivity contribution in [1.29, 1.82) is 5.26 Å². The normalized spacial score (nSPS) is 8.70. The van der Waals surface area contributed by atoms with Gasteiger partial charge in [0.2, 0.25) is 5.01 Å². The van der Waals surface area contributed by atoms with Crippen molar-refractivity contribution in [3.05, 3.63) is 21.3 Å². The fourth-order valence-electron chi connectivity index (χ4n) is 0.402. The SMILES string of the molecule is N#Cc1ncc([N+](=O)[O-])s1. The molecule has 0 atom stereocenters. The predicted octanol–water partition coefficient (Wildman–Crippen LogP) is 0.923. The van der Waals surface area contributed by atoms with Crippen molar-refractivity contribution in [1.82, 2.24) is 4.98 Å². The van der Waals surface area contributed by atoms with Crippen molar-refractivity contribution in [2.75, 3.05) is 0 Å². The maximum Gasteiger partial charge on any atom is 0.344 e. The molecule has 0 fully saturated rings. The van der Waals surface area contributed by atoms with Gasteiger partial charge in [0, 0.05) is 0 Å². The van der Waals surface area contributed by atoms with E-state index in [0.29, 0.717) is 0 Å². The molecule has 0 spiro atoms. The van der Waals surface area contributed by atoms with Crippen LogP contribution in [0.5, 0.6) is 0 Å². The van der Waals surface area contributed by atoms with Crippen LogP contribution in [0.15, 0.2) is 6.20 Å². The van der Waals surface area contributed by atoms with E-state index < -0.39 is 4.92 Å². The van der Waals surface area contributed by atoms with Gasteiger partial charge in [-0.05, 0) is 11.3 Å². The molecule has 0 unspecified atom stereocenters. The summed E-state index contributed by atoms with van der Waals surface area (Å²) in [7, 11) is 0. The zero-order chi connectivity index (χ0) is 7.56. The van der Waals surface area contributed by atoms with Crippen molar-refractivity contribution in [3.8, 4) is 6.07 Å². The first-order valence-corrected chi connectivity index (χ1v) is 3.06. The summed E-state index contributed by atoms with van der Waals surface area (Å²) in [6.45, 7) is 0. The first-order chi connectivity index (χ1) is 4.74. The molecule has 1 aromatic heterocycles. The van der Waals surface area contributed by atoms with Crippen molar-refractivity contribution >= 4 is 16.3 Å². The maximum absolute atomic E-state index is 10.00. The molecule has 1 heterocycles. The van der Waals surface area contributed by atoms with Gasteiger partial charge in [-0.1, -0.05) is 0 Å². The zero-order valence-corrected chi connectivity index (χ0v) is 5.46. The van der Waals surface area contributed by atoms with Crippen LogP contribution in [-0.4, -0.2) is 9.91 Å². The number of aromatic nitrogens is 1. The number of hydrogen-bond donors (Lipinski definition) is 0. The Morgan fingerprint density at radius 3 is 2.90 bits per heavy atom. The highest BCUT2D eigenvalue weighted by Gasteiger charge is 2.09. The highest BCUT2D eigenvalue weighted by molar-refractivity contribution is 7.15. The van der Waals surface area contributed by atoms with Gasteiger partial charge in [0.15, 0.2) is 0 Å². The molecule has 0 saturated heterocycles. The number of thiazole rings is 1. The Bertz CT molecular complexity index is 300. The van der Waals surface area contributed by atoms with Crippen LogP contribution in [0.3, 0.4) is 0 Å². The number of nitro groups is 1. The van der Waals surface area contributed by atoms with E-state index in [2.05, 4.69) is 4.98 Å². The third-order valence-electron chi connectivity index (χ3n) is 0.769. The van der Waals surface area contributed by atoms with Crippen LogP contribution in [-0.2, 0) is 0 Å². The van der Waals surface area contributed by atoms with Gasteiger partial charge in [-0.3, -0.25) is 10.1 Å². The molecule has 1 rings (SSSR count). The second-order valence-electron chi connectivity index (χ2n) is 1.37. The molecule has 0 saturated carbocycles. The van der Waals surface area contributed by atoms with Crippen LogP contribution in [0.25, 0.3) is 0 Å². The molecule has 0 aliphatic carbocycles. The number of rotatable bonds is 1. The first-order valence-electron chi connectivity index (χ1n) is 2.24. The quantitative estimate of drug-likeness (QED) is 0.446. The van der Waals surface area contributed by atoms with Crippen LogP contribution < -0.4 is 0 Å². The molecule has 0 radical (unpaired) electrons. The molecule has 0 aliphatic rings. The highest BCUT2D eigenvalue weighted by atomic mass is 32.1. The van der Waals surface area contributed by atoms with E-state index >= 15 is 0 Å². The predicted molar refractivity (Wildman–Crippen MR) is 33.5 cm³/mol. The third-order valence-corrected chi connectivity index (χ3v) is 1.62. The number of nitriles is 1. The molecule has 1 aromatic rings. The lowest BCUT2D eigenvalue weighted by Crippen LogP contribution is -1.80. The third kappa shape index (κ3) is 1.09. The van der Waals surface area contributed by atoms with E-state index in [0.717, 1.165) is 17.5 Å². The lowest BCUT2D eigenvalue weighted by Gasteiger charge is -1.76. The Balaban J connectivity index is 3.02. The standard InChI is InChI=1S/C4HN3O2S/c5-1-3-6-2-4(10-3)7(8)9/h2H. The summed E-state index contributed by atoms with van der Waals surface area (Å²) in [5, 5.41) is 18.2. The average Bonchev–Trinajstić information content (AvgIpc) is 2.34. The van der Waals surface area contributed by atoms with Gasteiger partial charge >= 0.3 is 5.00 Å². The van der Waals surface area contributed by atoms with E-state index in [-0.39, 0.29) is 10.0 Å². The molecule has 10 heavy (non-hydrogen) atoms. The van der Waals surface area contributed by atoms with Crippen LogP contribution in [0.2, 0.25) is 0 Å². The molecular weight excluding hydrogens is 154 g/mol. The fourth-order valence-corrected chi connectivity index (χ4v) is 0.931. The van der Waals surface area contributed by atoms with Gasteiger partial charge in [-0.2, -0.15) is 5.26 Å². The van der Waals surface area contributed by atoms with Crippen molar-refractivity contribution in [3.63, 3.8) is 0 Å². The Hall–Kier alpha value is -1.48. The summed E-state index contributed by atoms with van der Waals surface area (Å²) in [5.74, 6) is 0. The topological polar surface area (TPSA) is 79.8 Å². The summed E-state index contributed by atoms with van der Waals surface area (Å²) in [5.41, 5.74) is 0. The van der Waals surface area contributed by atoms with E-state index in [9.17, 15) is 10.1 Å².